The number of benzene rings is 2. The van der Waals surface area contributed by atoms with Crippen LogP contribution in [-0.2, 0) is 23.1 Å². The highest BCUT2D eigenvalue weighted by atomic mass is 32.2. The van der Waals surface area contributed by atoms with Gasteiger partial charge in [-0.3, -0.25) is 9.78 Å². The number of carbonyl (C=O) groups is 1. The van der Waals surface area contributed by atoms with Gasteiger partial charge >= 0.3 is 0 Å². The zero-order valence-electron chi connectivity index (χ0n) is 21.0. The minimum atomic E-state index is -0.611. The Balaban J connectivity index is 1.34. The van der Waals surface area contributed by atoms with Crippen molar-refractivity contribution in [1.82, 2.24) is 25.2 Å². The molecular formula is C27H28N6O4S. The molecule has 2 aromatic carbocycles. The average Bonchev–Trinajstić information content (AvgIpc) is 3.38. The minimum absolute atomic E-state index is 0.0121. The van der Waals surface area contributed by atoms with E-state index in [2.05, 4.69) is 32.7 Å². The highest BCUT2D eigenvalue weighted by molar-refractivity contribution is 7.99. The van der Waals surface area contributed by atoms with Crippen molar-refractivity contribution in [2.75, 3.05) is 11.1 Å². The van der Waals surface area contributed by atoms with Crippen molar-refractivity contribution in [1.29, 1.82) is 0 Å². The molecule has 1 aliphatic rings. The molecule has 4 unspecified atom stereocenters. The molecule has 2 aromatic heterocycles. The molecule has 38 heavy (non-hydrogen) atoms. The molecule has 4 atom stereocenters. The molecule has 1 amide bonds. The van der Waals surface area contributed by atoms with E-state index in [0.29, 0.717) is 22.2 Å². The van der Waals surface area contributed by atoms with Gasteiger partial charge in [-0.2, -0.15) is 0 Å². The number of hydrogen-bond acceptors (Lipinski definition) is 9. The second-order valence-electron chi connectivity index (χ2n) is 9.04. The van der Waals surface area contributed by atoms with E-state index in [4.69, 9.17) is 9.47 Å². The standard InChI is InChI=1S/C27H28N6O4S/c1-17-23(16-38-27-30-31-32-33(27)2)36-26(37-24(17)19-7-5-18(15-34)6-8-19)20-9-11-22(12-10-20)29-25(35)21-4-3-13-28-14-21/h3-14,17,23-24,26,34H,15-16H2,1-2H3,(H,29,35). The Morgan fingerprint density at radius 1 is 1.08 bits per heavy atom. The van der Waals surface area contributed by atoms with E-state index in [9.17, 15) is 9.90 Å². The number of nitrogens with zero attached hydrogens (tertiary/aromatic N) is 5. The van der Waals surface area contributed by atoms with Crippen LogP contribution in [0.2, 0.25) is 0 Å². The largest absolute Gasteiger partial charge is 0.392 e. The molecule has 10 nitrogen and oxygen atoms in total. The third-order valence-electron chi connectivity index (χ3n) is 6.45. The second kappa shape index (κ2) is 11.8. The van der Waals surface area contributed by atoms with E-state index in [1.165, 1.54) is 18.0 Å². The number of anilines is 1. The van der Waals surface area contributed by atoms with E-state index in [1.54, 1.807) is 30.1 Å². The van der Waals surface area contributed by atoms with Crippen molar-refractivity contribution in [2.24, 2.45) is 13.0 Å². The van der Waals surface area contributed by atoms with Crippen molar-refractivity contribution in [3.63, 3.8) is 0 Å². The van der Waals surface area contributed by atoms with Gasteiger partial charge < -0.3 is 19.9 Å². The van der Waals surface area contributed by atoms with E-state index in [0.717, 1.165) is 16.7 Å². The van der Waals surface area contributed by atoms with Gasteiger partial charge in [-0.15, -0.1) is 5.10 Å². The van der Waals surface area contributed by atoms with Crippen LogP contribution in [0, 0.1) is 5.92 Å². The van der Waals surface area contributed by atoms with Crippen molar-refractivity contribution >= 4 is 23.4 Å². The topological polar surface area (TPSA) is 124 Å². The van der Waals surface area contributed by atoms with Gasteiger partial charge in [0.05, 0.1) is 24.4 Å². The van der Waals surface area contributed by atoms with Crippen molar-refractivity contribution in [3.05, 3.63) is 95.3 Å². The molecule has 1 saturated heterocycles. The first-order valence-electron chi connectivity index (χ1n) is 12.2. The predicted molar refractivity (Wildman–Crippen MR) is 141 cm³/mol. The molecule has 3 heterocycles. The van der Waals surface area contributed by atoms with Crippen LogP contribution in [0.25, 0.3) is 0 Å². The average molecular weight is 533 g/mol. The molecule has 4 aromatic rings. The van der Waals surface area contributed by atoms with Crippen molar-refractivity contribution in [3.8, 4) is 0 Å². The van der Waals surface area contributed by atoms with Gasteiger partial charge in [-0.25, -0.2) is 4.68 Å². The summed E-state index contributed by atoms with van der Waals surface area (Å²) in [4.78, 5) is 16.5. The van der Waals surface area contributed by atoms with Gasteiger partial charge in [-0.05, 0) is 45.8 Å². The van der Waals surface area contributed by atoms with Gasteiger partial charge in [0.2, 0.25) is 5.16 Å². The highest BCUT2D eigenvalue weighted by Gasteiger charge is 2.38. The Morgan fingerprint density at radius 2 is 1.84 bits per heavy atom. The summed E-state index contributed by atoms with van der Waals surface area (Å²) in [5.41, 5.74) is 3.83. The molecule has 5 rings (SSSR count). The fourth-order valence-corrected chi connectivity index (χ4v) is 5.25. The zero-order chi connectivity index (χ0) is 26.5. The normalized spacial score (nSPS) is 21.2. The van der Waals surface area contributed by atoms with Crippen LogP contribution in [-0.4, -0.2) is 48.1 Å². The summed E-state index contributed by atoms with van der Waals surface area (Å²) in [6.07, 6.45) is 2.16. The molecule has 0 spiro atoms. The molecule has 2 N–H and O–H groups in total. The smallest absolute Gasteiger partial charge is 0.257 e. The van der Waals surface area contributed by atoms with E-state index >= 15 is 0 Å². The Morgan fingerprint density at radius 3 is 2.50 bits per heavy atom. The lowest BCUT2D eigenvalue weighted by atomic mass is 9.91. The lowest BCUT2D eigenvalue weighted by Gasteiger charge is -2.41. The van der Waals surface area contributed by atoms with Gasteiger partial charge in [-0.1, -0.05) is 55.1 Å². The number of nitrogens with one attached hydrogen (secondary N) is 1. The number of aromatic nitrogens is 5. The minimum Gasteiger partial charge on any atom is -0.392 e. The van der Waals surface area contributed by atoms with E-state index in [-0.39, 0.29) is 30.6 Å². The molecule has 0 radical (unpaired) electrons. The third kappa shape index (κ3) is 5.91. The van der Waals surface area contributed by atoms with Gasteiger partial charge in [0.25, 0.3) is 5.91 Å². The maximum Gasteiger partial charge on any atom is 0.257 e. The maximum atomic E-state index is 12.5. The van der Waals surface area contributed by atoms with Gasteiger partial charge in [0.15, 0.2) is 6.29 Å². The van der Waals surface area contributed by atoms with E-state index in [1.807, 2.05) is 48.5 Å². The lowest BCUT2D eigenvalue weighted by molar-refractivity contribution is -0.268. The maximum absolute atomic E-state index is 12.5. The van der Waals surface area contributed by atoms with Crippen molar-refractivity contribution < 1.29 is 19.4 Å². The Hall–Kier alpha value is -3.64. The van der Waals surface area contributed by atoms with Crippen LogP contribution >= 0.6 is 11.8 Å². The van der Waals surface area contributed by atoms with Crippen LogP contribution in [0.1, 0.15) is 46.4 Å². The molecule has 196 valence electrons. The summed E-state index contributed by atoms with van der Waals surface area (Å²) < 4.78 is 14.6. The van der Waals surface area contributed by atoms with Crippen LogP contribution in [0.4, 0.5) is 5.69 Å². The summed E-state index contributed by atoms with van der Waals surface area (Å²) in [6.45, 7) is 2.10. The fraction of sp³-hybridized carbons (Fsp3) is 0.296. The first-order chi connectivity index (χ1) is 18.5. The van der Waals surface area contributed by atoms with Gasteiger partial charge in [0.1, 0.15) is 0 Å². The molecule has 1 fully saturated rings. The Bertz CT molecular complexity index is 1350. The number of hydrogen-bond donors (Lipinski definition) is 2. The number of ether oxygens (including phenoxy) is 2. The highest BCUT2D eigenvalue weighted by Crippen LogP contribution is 2.43. The lowest BCUT2D eigenvalue weighted by Crippen LogP contribution is -2.38. The quantitative estimate of drug-likeness (QED) is 0.325. The molecule has 0 bridgehead atoms. The Kier molecular flexibility index (Phi) is 8.08. The number of aliphatic hydroxyl groups is 1. The van der Waals surface area contributed by atoms with Crippen molar-refractivity contribution in [2.45, 2.75) is 37.2 Å². The summed E-state index contributed by atoms with van der Waals surface area (Å²) >= 11 is 1.53. The molecule has 0 aliphatic carbocycles. The number of carbonyl (C=O) groups excluding carboxylic acids is 1. The molecule has 1 aliphatic heterocycles. The third-order valence-corrected chi connectivity index (χ3v) is 7.55. The number of rotatable bonds is 8. The predicted octanol–water partition coefficient (Wildman–Crippen LogP) is 3.93. The number of aryl methyl sites for hydroxylation is 1. The van der Waals surface area contributed by atoms with Gasteiger partial charge in [0, 0.05) is 42.4 Å². The summed E-state index contributed by atoms with van der Waals surface area (Å²) in [6, 6.07) is 18.7. The molecule has 0 saturated carbocycles. The number of aliphatic hydroxyl groups excluding tert-OH is 1. The van der Waals surface area contributed by atoms with Crippen LogP contribution in [0.5, 0.6) is 0 Å². The van der Waals surface area contributed by atoms with E-state index < -0.39 is 6.29 Å². The number of amides is 1. The number of pyridine rings is 1. The zero-order valence-corrected chi connectivity index (χ0v) is 21.8. The summed E-state index contributed by atoms with van der Waals surface area (Å²) in [7, 11) is 1.81. The SMILES string of the molecule is CC1C(CSc2nnnn2C)OC(c2ccc(NC(=O)c3cccnc3)cc2)OC1c1ccc(CO)cc1. The van der Waals surface area contributed by atoms with Crippen LogP contribution in [0.3, 0.4) is 0 Å². The van der Waals surface area contributed by atoms with Crippen LogP contribution < -0.4 is 5.32 Å². The number of thioether (sulfide) groups is 1. The number of tetrazole rings is 1. The Labute approximate surface area is 224 Å². The fourth-order valence-electron chi connectivity index (χ4n) is 4.23. The van der Waals surface area contributed by atoms with Crippen LogP contribution in [0.15, 0.2) is 78.2 Å². The summed E-state index contributed by atoms with van der Waals surface area (Å²) in [5, 5.41) is 24.7. The first-order valence-corrected chi connectivity index (χ1v) is 13.2. The second-order valence-corrected chi connectivity index (χ2v) is 10.0. The first kappa shape index (κ1) is 26.0. The molecular weight excluding hydrogens is 504 g/mol. The molecule has 11 heteroatoms. The monoisotopic (exact) mass is 532 g/mol. The summed E-state index contributed by atoms with van der Waals surface area (Å²) in [5.74, 6) is 0.448.